The Morgan fingerprint density at radius 3 is 2.50 bits per heavy atom. The minimum Gasteiger partial charge on any atom is -0.345 e. The maximum atomic E-state index is 5.41. The zero-order chi connectivity index (χ0) is 7.56. The first-order valence-electron chi connectivity index (χ1n) is 3.22. The Kier molecular flexibility index (Phi) is 2.03. The number of nitrogens with two attached hydrogens (primary N) is 2. The highest BCUT2D eigenvalue weighted by molar-refractivity contribution is 5.13. The second kappa shape index (κ2) is 2.81. The normalized spacial score (nSPS) is 10.3. The van der Waals surface area contributed by atoms with Gasteiger partial charge in [0.2, 0.25) is 0 Å². The highest BCUT2D eigenvalue weighted by atomic mass is 14.9. The molecule has 0 atom stereocenters. The van der Waals surface area contributed by atoms with E-state index in [0.29, 0.717) is 13.1 Å². The highest BCUT2D eigenvalue weighted by Gasteiger charge is 2.02. The molecule has 1 heterocycles. The molecule has 10 heavy (non-hydrogen) atoms. The van der Waals surface area contributed by atoms with Crippen LogP contribution >= 0.6 is 0 Å². The molecule has 0 spiro atoms. The van der Waals surface area contributed by atoms with Gasteiger partial charge in [-0.3, -0.25) is 0 Å². The van der Waals surface area contributed by atoms with Crippen LogP contribution in [-0.2, 0) is 13.1 Å². The summed E-state index contributed by atoms with van der Waals surface area (Å²) in [5, 5.41) is 0. The minimum atomic E-state index is 0.455. The smallest absolute Gasteiger partial charge is 0.103 e. The molecule has 0 amide bonds. The second-order valence-electron chi connectivity index (χ2n) is 2.16. The van der Waals surface area contributed by atoms with Crippen LogP contribution in [0.2, 0.25) is 0 Å². The Balaban J connectivity index is 2.96. The Bertz CT molecular complexity index is 194. The van der Waals surface area contributed by atoms with Gasteiger partial charge in [0, 0.05) is 13.1 Å². The van der Waals surface area contributed by atoms with Gasteiger partial charge in [-0.2, -0.15) is 0 Å². The van der Waals surface area contributed by atoms with E-state index in [2.05, 4.69) is 9.97 Å². The monoisotopic (exact) mass is 140 g/mol. The van der Waals surface area contributed by atoms with Crippen molar-refractivity contribution in [2.24, 2.45) is 11.5 Å². The van der Waals surface area contributed by atoms with Gasteiger partial charge in [0.05, 0.1) is 11.4 Å². The van der Waals surface area contributed by atoms with Gasteiger partial charge in [-0.05, 0) is 6.92 Å². The molecule has 5 N–H and O–H groups in total. The fourth-order valence-electron chi connectivity index (χ4n) is 0.926. The molecule has 0 aliphatic heterocycles. The van der Waals surface area contributed by atoms with E-state index < -0.39 is 0 Å². The quantitative estimate of drug-likeness (QED) is 0.524. The number of aryl methyl sites for hydroxylation is 1. The van der Waals surface area contributed by atoms with E-state index in [1.165, 1.54) is 0 Å². The minimum absolute atomic E-state index is 0.455. The van der Waals surface area contributed by atoms with Crippen molar-refractivity contribution in [3.05, 3.63) is 17.2 Å². The summed E-state index contributed by atoms with van der Waals surface area (Å²) in [6, 6.07) is 0. The maximum Gasteiger partial charge on any atom is 0.103 e. The molecule has 0 radical (unpaired) electrons. The first-order chi connectivity index (χ1) is 4.77. The van der Waals surface area contributed by atoms with Gasteiger partial charge < -0.3 is 16.5 Å². The Labute approximate surface area is 59.6 Å². The van der Waals surface area contributed by atoms with Crippen molar-refractivity contribution < 1.29 is 0 Å². The third-order valence-corrected chi connectivity index (χ3v) is 1.38. The summed E-state index contributed by atoms with van der Waals surface area (Å²) in [6.45, 7) is 2.82. The Morgan fingerprint density at radius 2 is 2.10 bits per heavy atom. The number of rotatable bonds is 2. The molecule has 0 aliphatic rings. The number of aromatic amines is 1. The third-order valence-electron chi connectivity index (χ3n) is 1.38. The van der Waals surface area contributed by atoms with Gasteiger partial charge in [-0.15, -0.1) is 0 Å². The Morgan fingerprint density at radius 1 is 1.40 bits per heavy atom. The molecule has 4 nitrogen and oxygen atoms in total. The van der Waals surface area contributed by atoms with E-state index in [9.17, 15) is 0 Å². The molecule has 0 aliphatic carbocycles. The van der Waals surface area contributed by atoms with Gasteiger partial charge in [0.15, 0.2) is 0 Å². The van der Waals surface area contributed by atoms with Crippen LogP contribution in [-0.4, -0.2) is 9.97 Å². The summed E-state index contributed by atoms with van der Waals surface area (Å²) >= 11 is 0. The fourth-order valence-corrected chi connectivity index (χ4v) is 0.926. The van der Waals surface area contributed by atoms with Crippen LogP contribution in [0.5, 0.6) is 0 Å². The van der Waals surface area contributed by atoms with Gasteiger partial charge >= 0.3 is 0 Å². The maximum absolute atomic E-state index is 5.41. The van der Waals surface area contributed by atoms with Crippen molar-refractivity contribution in [3.8, 4) is 0 Å². The van der Waals surface area contributed by atoms with Crippen molar-refractivity contribution in [1.82, 2.24) is 9.97 Å². The average molecular weight is 140 g/mol. The fraction of sp³-hybridized carbons (Fsp3) is 0.500. The van der Waals surface area contributed by atoms with Crippen molar-refractivity contribution in [1.29, 1.82) is 0 Å². The predicted octanol–water partition coefficient (Wildman–Crippen LogP) is -0.364. The van der Waals surface area contributed by atoms with Crippen molar-refractivity contribution in [2.45, 2.75) is 20.0 Å². The van der Waals surface area contributed by atoms with E-state index in [1.807, 2.05) is 6.92 Å². The molecule has 4 heteroatoms. The van der Waals surface area contributed by atoms with E-state index >= 15 is 0 Å². The van der Waals surface area contributed by atoms with Crippen molar-refractivity contribution >= 4 is 0 Å². The molecular weight excluding hydrogens is 128 g/mol. The van der Waals surface area contributed by atoms with E-state index in [-0.39, 0.29) is 0 Å². The Hall–Kier alpha value is -0.870. The molecule has 56 valence electrons. The van der Waals surface area contributed by atoms with Crippen LogP contribution in [0.4, 0.5) is 0 Å². The first kappa shape index (κ1) is 7.24. The lowest BCUT2D eigenvalue weighted by Gasteiger charge is -1.92. The summed E-state index contributed by atoms with van der Waals surface area (Å²) in [6.07, 6.45) is 0. The molecule has 0 unspecified atom stereocenters. The first-order valence-corrected chi connectivity index (χ1v) is 3.22. The number of hydrogen-bond acceptors (Lipinski definition) is 3. The number of nitrogens with one attached hydrogen (secondary N) is 1. The molecule has 0 fully saturated rings. The van der Waals surface area contributed by atoms with Crippen LogP contribution in [0, 0.1) is 6.92 Å². The van der Waals surface area contributed by atoms with Gasteiger partial charge in [0.25, 0.3) is 0 Å². The molecule has 0 saturated heterocycles. The van der Waals surface area contributed by atoms with Crippen LogP contribution in [0.25, 0.3) is 0 Å². The number of nitrogens with zero attached hydrogens (tertiary/aromatic N) is 1. The van der Waals surface area contributed by atoms with Crippen LogP contribution in [0.3, 0.4) is 0 Å². The van der Waals surface area contributed by atoms with Crippen LogP contribution in [0.1, 0.15) is 17.2 Å². The molecular formula is C6H12N4. The lowest BCUT2D eigenvalue weighted by Crippen LogP contribution is -2.05. The number of aromatic nitrogens is 2. The second-order valence-corrected chi connectivity index (χ2v) is 2.16. The largest absolute Gasteiger partial charge is 0.345 e. The van der Waals surface area contributed by atoms with Gasteiger partial charge in [-0.1, -0.05) is 0 Å². The number of imidazole rings is 1. The summed E-state index contributed by atoms with van der Waals surface area (Å²) in [5.41, 5.74) is 12.6. The zero-order valence-corrected chi connectivity index (χ0v) is 6.02. The summed E-state index contributed by atoms with van der Waals surface area (Å²) in [4.78, 5) is 7.17. The summed E-state index contributed by atoms with van der Waals surface area (Å²) < 4.78 is 0. The third kappa shape index (κ3) is 1.17. The molecule has 1 aromatic rings. The van der Waals surface area contributed by atoms with E-state index in [4.69, 9.17) is 11.5 Å². The molecule has 1 aromatic heterocycles. The van der Waals surface area contributed by atoms with Crippen molar-refractivity contribution in [2.75, 3.05) is 0 Å². The van der Waals surface area contributed by atoms with Crippen LogP contribution < -0.4 is 11.5 Å². The summed E-state index contributed by atoms with van der Waals surface area (Å²) in [7, 11) is 0. The molecule has 0 aromatic carbocycles. The number of hydrogen-bond donors (Lipinski definition) is 3. The summed E-state index contributed by atoms with van der Waals surface area (Å²) in [5.74, 6) is 0.876. The highest BCUT2D eigenvalue weighted by Crippen LogP contribution is 2.02. The average Bonchev–Trinajstić information content (AvgIpc) is 2.30. The van der Waals surface area contributed by atoms with Gasteiger partial charge in [0.1, 0.15) is 5.82 Å². The van der Waals surface area contributed by atoms with E-state index in [1.54, 1.807) is 0 Å². The standard InChI is InChI=1S/C6H12N4/c1-4-9-5(2-7)6(3-8)10-4/h2-3,7-8H2,1H3,(H,9,10). The molecule has 1 rings (SSSR count). The van der Waals surface area contributed by atoms with Crippen LogP contribution in [0.15, 0.2) is 0 Å². The zero-order valence-electron chi connectivity index (χ0n) is 6.02. The molecule has 0 bridgehead atoms. The predicted molar refractivity (Wildman–Crippen MR) is 39.1 cm³/mol. The number of H-pyrrole nitrogens is 1. The topological polar surface area (TPSA) is 80.7 Å². The lowest BCUT2D eigenvalue weighted by molar-refractivity contribution is 0.931. The lowest BCUT2D eigenvalue weighted by atomic mass is 10.3. The van der Waals surface area contributed by atoms with Crippen molar-refractivity contribution in [3.63, 3.8) is 0 Å². The molecule has 0 saturated carbocycles. The SMILES string of the molecule is Cc1nc(CN)c(CN)[nH]1. The van der Waals surface area contributed by atoms with E-state index in [0.717, 1.165) is 17.2 Å². The van der Waals surface area contributed by atoms with Gasteiger partial charge in [-0.25, -0.2) is 4.98 Å².